The predicted molar refractivity (Wildman–Crippen MR) is 53.0 cm³/mol. The van der Waals surface area contributed by atoms with Gasteiger partial charge in [-0.05, 0) is 29.8 Å². The van der Waals surface area contributed by atoms with Crippen molar-refractivity contribution in [2.75, 3.05) is 13.2 Å². The lowest BCUT2D eigenvalue weighted by Gasteiger charge is -2.06. The van der Waals surface area contributed by atoms with Crippen LogP contribution in [-0.4, -0.2) is 23.5 Å². The monoisotopic (exact) mass is 195 g/mol. The van der Waals surface area contributed by atoms with Crippen molar-refractivity contribution in [1.82, 2.24) is 5.48 Å². The zero-order valence-electron chi connectivity index (χ0n) is 7.73. The Morgan fingerprint density at radius 2 is 2.00 bits per heavy atom. The average Bonchev–Trinajstić information content (AvgIpc) is 2.26. The molecule has 0 bridgehead atoms. The van der Waals surface area contributed by atoms with Crippen molar-refractivity contribution in [3.8, 4) is 5.75 Å². The third-order valence-electron chi connectivity index (χ3n) is 1.70. The molecule has 14 heavy (non-hydrogen) atoms. The summed E-state index contributed by atoms with van der Waals surface area (Å²) in [5, 5.41) is 17.1. The van der Waals surface area contributed by atoms with Gasteiger partial charge in [-0.3, -0.25) is 10.7 Å². The third kappa shape index (κ3) is 2.76. The Kier molecular flexibility index (Phi) is 3.97. The molecule has 0 heterocycles. The van der Waals surface area contributed by atoms with Crippen LogP contribution in [0, 0.1) is 0 Å². The number of nitrogens with one attached hydrogen (secondary N) is 1. The molecule has 1 aromatic rings. The van der Waals surface area contributed by atoms with Gasteiger partial charge in [0.15, 0.2) is 0 Å². The van der Waals surface area contributed by atoms with E-state index in [9.17, 15) is 0 Å². The molecule has 0 radical (unpaired) electrons. The van der Waals surface area contributed by atoms with Crippen LogP contribution in [-0.2, 0) is 0 Å². The van der Waals surface area contributed by atoms with Gasteiger partial charge in [0.2, 0.25) is 0 Å². The SMILES string of the molecule is C=C(NO)c1ccc(OCCO)cc1. The summed E-state index contributed by atoms with van der Waals surface area (Å²) in [5.74, 6) is 0.675. The molecule has 1 aromatic carbocycles. The maximum absolute atomic E-state index is 8.59. The predicted octanol–water partition coefficient (Wildman–Crippen LogP) is 1.01. The van der Waals surface area contributed by atoms with Crippen LogP contribution < -0.4 is 10.2 Å². The first-order chi connectivity index (χ1) is 6.77. The van der Waals surface area contributed by atoms with Gasteiger partial charge >= 0.3 is 0 Å². The minimum absolute atomic E-state index is 0.00729. The Hall–Kier alpha value is -1.52. The van der Waals surface area contributed by atoms with Crippen molar-refractivity contribution in [1.29, 1.82) is 0 Å². The zero-order valence-corrected chi connectivity index (χ0v) is 7.73. The van der Waals surface area contributed by atoms with Gasteiger partial charge in [-0.15, -0.1) is 0 Å². The fourth-order valence-corrected chi connectivity index (χ4v) is 0.980. The van der Waals surface area contributed by atoms with E-state index in [1.165, 1.54) is 0 Å². The van der Waals surface area contributed by atoms with Gasteiger partial charge in [-0.2, -0.15) is 0 Å². The Balaban J connectivity index is 2.63. The Bertz CT molecular complexity index is 295. The number of hydrogen-bond acceptors (Lipinski definition) is 4. The van der Waals surface area contributed by atoms with E-state index in [2.05, 4.69) is 6.58 Å². The summed E-state index contributed by atoms with van der Waals surface area (Å²) in [6.45, 7) is 3.86. The summed E-state index contributed by atoms with van der Waals surface area (Å²) in [6, 6.07) is 7.01. The number of aliphatic hydroxyl groups excluding tert-OH is 1. The molecule has 0 saturated heterocycles. The zero-order chi connectivity index (χ0) is 10.4. The lowest BCUT2D eigenvalue weighted by atomic mass is 10.2. The quantitative estimate of drug-likeness (QED) is 0.613. The van der Waals surface area contributed by atoms with Crippen molar-refractivity contribution in [3.05, 3.63) is 36.4 Å². The van der Waals surface area contributed by atoms with Gasteiger partial charge in [0.25, 0.3) is 0 Å². The van der Waals surface area contributed by atoms with Gasteiger partial charge in [-0.25, -0.2) is 0 Å². The Morgan fingerprint density at radius 3 is 2.50 bits per heavy atom. The third-order valence-corrected chi connectivity index (χ3v) is 1.70. The Morgan fingerprint density at radius 1 is 1.36 bits per heavy atom. The van der Waals surface area contributed by atoms with E-state index < -0.39 is 0 Å². The van der Waals surface area contributed by atoms with Crippen LogP contribution >= 0.6 is 0 Å². The molecule has 0 unspecified atom stereocenters. The molecule has 4 nitrogen and oxygen atoms in total. The van der Waals surface area contributed by atoms with Crippen molar-refractivity contribution in [3.63, 3.8) is 0 Å². The molecule has 0 atom stereocenters. The number of hydrogen-bond donors (Lipinski definition) is 3. The maximum atomic E-state index is 8.59. The molecule has 0 fully saturated rings. The smallest absolute Gasteiger partial charge is 0.119 e. The molecule has 0 aliphatic rings. The molecule has 0 aromatic heterocycles. The van der Waals surface area contributed by atoms with Crippen LogP contribution in [0.5, 0.6) is 5.75 Å². The molecule has 0 amide bonds. The fourth-order valence-electron chi connectivity index (χ4n) is 0.980. The molecule has 0 spiro atoms. The second-order valence-corrected chi connectivity index (χ2v) is 2.69. The van der Waals surface area contributed by atoms with E-state index in [0.717, 1.165) is 5.56 Å². The highest BCUT2D eigenvalue weighted by Gasteiger charge is 1.97. The highest BCUT2D eigenvalue weighted by molar-refractivity contribution is 5.61. The van der Waals surface area contributed by atoms with Crippen LogP contribution in [0.2, 0.25) is 0 Å². The molecule has 0 saturated carbocycles. The molecule has 0 aliphatic heterocycles. The van der Waals surface area contributed by atoms with Crippen molar-refractivity contribution in [2.24, 2.45) is 0 Å². The van der Waals surface area contributed by atoms with Crippen LogP contribution in [0.4, 0.5) is 0 Å². The lowest BCUT2D eigenvalue weighted by Crippen LogP contribution is -2.04. The average molecular weight is 195 g/mol. The van der Waals surface area contributed by atoms with Gasteiger partial charge in [-0.1, -0.05) is 6.58 Å². The molecule has 0 aliphatic carbocycles. The molecule has 4 heteroatoms. The van der Waals surface area contributed by atoms with Crippen LogP contribution in [0.1, 0.15) is 5.56 Å². The number of hydroxylamine groups is 1. The van der Waals surface area contributed by atoms with E-state index in [0.29, 0.717) is 11.4 Å². The van der Waals surface area contributed by atoms with E-state index in [1.807, 2.05) is 5.48 Å². The molecular formula is C10H13NO3. The number of ether oxygens (including phenoxy) is 1. The highest BCUT2D eigenvalue weighted by atomic mass is 16.5. The minimum atomic E-state index is -0.00729. The van der Waals surface area contributed by atoms with Crippen molar-refractivity contribution >= 4 is 5.70 Å². The second kappa shape index (κ2) is 5.26. The van der Waals surface area contributed by atoms with E-state index in [-0.39, 0.29) is 13.2 Å². The summed E-state index contributed by atoms with van der Waals surface area (Å²) >= 11 is 0. The maximum Gasteiger partial charge on any atom is 0.119 e. The first-order valence-electron chi connectivity index (χ1n) is 4.21. The van der Waals surface area contributed by atoms with Crippen LogP contribution in [0.25, 0.3) is 5.70 Å². The largest absolute Gasteiger partial charge is 0.491 e. The van der Waals surface area contributed by atoms with Crippen LogP contribution in [0.3, 0.4) is 0 Å². The number of rotatable bonds is 5. The van der Waals surface area contributed by atoms with Gasteiger partial charge in [0, 0.05) is 0 Å². The second-order valence-electron chi connectivity index (χ2n) is 2.69. The van der Waals surface area contributed by atoms with Gasteiger partial charge in [0.1, 0.15) is 12.4 Å². The first-order valence-corrected chi connectivity index (χ1v) is 4.21. The lowest BCUT2D eigenvalue weighted by molar-refractivity contribution is 0.201. The first kappa shape index (κ1) is 10.6. The van der Waals surface area contributed by atoms with E-state index in [4.69, 9.17) is 15.1 Å². The molecule has 1 rings (SSSR count). The number of aliphatic hydroxyl groups is 1. The summed E-state index contributed by atoms with van der Waals surface area (Å²) in [4.78, 5) is 0. The highest BCUT2D eigenvalue weighted by Crippen LogP contribution is 2.15. The Labute approximate surface area is 82.4 Å². The van der Waals surface area contributed by atoms with Crippen molar-refractivity contribution < 1.29 is 15.1 Å². The summed E-state index contributed by atoms with van der Waals surface area (Å²) in [6.07, 6.45) is 0. The topological polar surface area (TPSA) is 61.7 Å². The molecule has 76 valence electrons. The van der Waals surface area contributed by atoms with E-state index >= 15 is 0 Å². The minimum Gasteiger partial charge on any atom is -0.491 e. The normalized spacial score (nSPS) is 9.57. The van der Waals surface area contributed by atoms with Crippen molar-refractivity contribution in [2.45, 2.75) is 0 Å². The van der Waals surface area contributed by atoms with Gasteiger partial charge in [0.05, 0.1) is 12.3 Å². The van der Waals surface area contributed by atoms with Crippen LogP contribution in [0.15, 0.2) is 30.8 Å². The van der Waals surface area contributed by atoms with Gasteiger partial charge < -0.3 is 9.84 Å². The fraction of sp³-hybridized carbons (Fsp3) is 0.200. The summed E-state index contributed by atoms with van der Waals surface area (Å²) in [7, 11) is 0. The molecular weight excluding hydrogens is 182 g/mol. The van der Waals surface area contributed by atoms with E-state index in [1.54, 1.807) is 24.3 Å². The standard InChI is InChI=1S/C10H13NO3/c1-8(11-13)9-2-4-10(5-3-9)14-7-6-12/h2-5,11-13H,1,6-7H2. The molecule has 3 N–H and O–H groups in total. The number of benzene rings is 1. The summed E-state index contributed by atoms with van der Waals surface area (Å²) < 4.78 is 5.16. The summed E-state index contributed by atoms with van der Waals surface area (Å²) in [5.41, 5.74) is 3.18.